The number of hydrogen-bond donors (Lipinski definition) is 2. The van der Waals surface area contributed by atoms with Gasteiger partial charge in [-0.05, 0) is 6.92 Å². The molecule has 2 heterocycles. The van der Waals surface area contributed by atoms with Gasteiger partial charge in [0.15, 0.2) is 5.13 Å². The van der Waals surface area contributed by atoms with Gasteiger partial charge in [-0.3, -0.25) is 5.10 Å². The first-order chi connectivity index (χ1) is 6.36. The van der Waals surface area contributed by atoms with Crippen molar-refractivity contribution in [2.75, 3.05) is 5.32 Å². The van der Waals surface area contributed by atoms with E-state index in [4.69, 9.17) is 0 Å². The van der Waals surface area contributed by atoms with Gasteiger partial charge in [-0.2, -0.15) is 5.10 Å². The summed E-state index contributed by atoms with van der Waals surface area (Å²) in [5.74, 6) is 0. The van der Waals surface area contributed by atoms with Crippen molar-refractivity contribution in [3.63, 3.8) is 0 Å². The van der Waals surface area contributed by atoms with Gasteiger partial charge in [-0.25, -0.2) is 4.98 Å². The largest absolute Gasteiger partial charge is 0.357 e. The summed E-state index contributed by atoms with van der Waals surface area (Å²) in [6.07, 6.45) is 3.62. The van der Waals surface area contributed by atoms with Gasteiger partial charge in [0, 0.05) is 29.4 Å². The van der Waals surface area contributed by atoms with Crippen LogP contribution in [0.15, 0.2) is 17.8 Å². The van der Waals surface area contributed by atoms with E-state index in [0.717, 1.165) is 17.4 Å². The summed E-state index contributed by atoms with van der Waals surface area (Å²) in [6, 6.07) is 0. The van der Waals surface area contributed by atoms with Crippen molar-refractivity contribution < 1.29 is 0 Å². The highest BCUT2D eigenvalue weighted by Gasteiger charge is 2.00. The topological polar surface area (TPSA) is 53.6 Å². The van der Waals surface area contributed by atoms with Crippen molar-refractivity contribution in [2.45, 2.75) is 13.5 Å². The number of thiazole rings is 1. The quantitative estimate of drug-likeness (QED) is 0.783. The lowest BCUT2D eigenvalue weighted by Gasteiger charge is -1.99. The summed E-state index contributed by atoms with van der Waals surface area (Å²) >= 11 is 1.60. The van der Waals surface area contributed by atoms with E-state index in [0.29, 0.717) is 0 Å². The lowest BCUT2D eigenvalue weighted by Crippen LogP contribution is -1.98. The molecule has 2 aromatic rings. The molecule has 0 aromatic carbocycles. The second-order valence-corrected chi connectivity index (χ2v) is 3.61. The first kappa shape index (κ1) is 8.25. The third-order valence-corrected chi connectivity index (χ3v) is 2.53. The van der Waals surface area contributed by atoms with Crippen LogP contribution >= 0.6 is 11.3 Å². The summed E-state index contributed by atoms with van der Waals surface area (Å²) in [5.41, 5.74) is 2.28. The molecule has 0 saturated carbocycles. The molecule has 0 bridgehead atoms. The van der Waals surface area contributed by atoms with Gasteiger partial charge < -0.3 is 5.32 Å². The number of rotatable bonds is 3. The van der Waals surface area contributed by atoms with E-state index in [1.165, 1.54) is 5.56 Å². The van der Waals surface area contributed by atoms with E-state index in [2.05, 4.69) is 20.5 Å². The van der Waals surface area contributed by atoms with Crippen LogP contribution in [0.3, 0.4) is 0 Å². The number of anilines is 1. The Morgan fingerprint density at radius 1 is 1.62 bits per heavy atom. The molecule has 0 aliphatic rings. The van der Waals surface area contributed by atoms with Gasteiger partial charge in [0.2, 0.25) is 0 Å². The third-order valence-electron chi connectivity index (χ3n) is 1.80. The Kier molecular flexibility index (Phi) is 2.27. The molecule has 68 valence electrons. The Morgan fingerprint density at radius 2 is 2.54 bits per heavy atom. The number of aromatic nitrogens is 3. The number of aryl methyl sites for hydroxylation is 1. The fourth-order valence-corrected chi connectivity index (χ4v) is 1.56. The minimum Gasteiger partial charge on any atom is -0.357 e. The standard InChI is InChI=1S/C8H10N4S/c1-6-7(5-11-12-6)4-10-8-9-2-3-13-8/h2-3,5H,4H2,1H3,(H,9,10)(H,11,12). The highest BCUT2D eigenvalue weighted by Crippen LogP contribution is 2.12. The van der Waals surface area contributed by atoms with Crippen LogP contribution in [0.4, 0.5) is 5.13 Å². The molecule has 2 rings (SSSR count). The second-order valence-electron chi connectivity index (χ2n) is 2.71. The van der Waals surface area contributed by atoms with Crippen LogP contribution < -0.4 is 5.32 Å². The summed E-state index contributed by atoms with van der Waals surface area (Å²) < 4.78 is 0. The molecule has 0 unspecified atom stereocenters. The van der Waals surface area contributed by atoms with E-state index in [1.807, 2.05) is 18.5 Å². The van der Waals surface area contributed by atoms with Crippen LogP contribution in [0.5, 0.6) is 0 Å². The van der Waals surface area contributed by atoms with Crippen molar-refractivity contribution in [3.05, 3.63) is 29.0 Å². The zero-order valence-corrected chi connectivity index (χ0v) is 8.06. The summed E-state index contributed by atoms with van der Waals surface area (Å²) in [4.78, 5) is 4.12. The maximum absolute atomic E-state index is 4.12. The Bertz CT molecular complexity index is 365. The molecule has 2 N–H and O–H groups in total. The molecule has 0 atom stereocenters. The zero-order chi connectivity index (χ0) is 9.10. The van der Waals surface area contributed by atoms with E-state index in [1.54, 1.807) is 17.5 Å². The molecule has 13 heavy (non-hydrogen) atoms. The van der Waals surface area contributed by atoms with Gasteiger partial charge in [0.25, 0.3) is 0 Å². The molecule has 0 spiro atoms. The molecule has 4 nitrogen and oxygen atoms in total. The van der Waals surface area contributed by atoms with Crippen LogP contribution in [-0.4, -0.2) is 15.2 Å². The molecule has 0 saturated heterocycles. The van der Waals surface area contributed by atoms with Gasteiger partial charge in [0.05, 0.1) is 6.20 Å². The van der Waals surface area contributed by atoms with Crippen LogP contribution in [0.1, 0.15) is 11.3 Å². The second kappa shape index (κ2) is 3.57. The first-order valence-corrected chi connectivity index (χ1v) is 4.86. The summed E-state index contributed by atoms with van der Waals surface area (Å²) in [5, 5.41) is 12.9. The van der Waals surface area contributed by atoms with Crippen molar-refractivity contribution in [1.82, 2.24) is 15.2 Å². The van der Waals surface area contributed by atoms with Crippen molar-refractivity contribution in [3.8, 4) is 0 Å². The lowest BCUT2D eigenvalue weighted by molar-refractivity contribution is 1.04. The predicted octanol–water partition coefficient (Wildman–Crippen LogP) is 1.79. The number of aromatic amines is 1. The SMILES string of the molecule is Cc1[nH]ncc1CNc1nccs1. The van der Waals surface area contributed by atoms with E-state index in [-0.39, 0.29) is 0 Å². The Labute approximate surface area is 80.0 Å². The monoisotopic (exact) mass is 194 g/mol. The van der Waals surface area contributed by atoms with Gasteiger partial charge in [0.1, 0.15) is 0 Å². The maximum atomic E-state index is 4.12. The maximum Gasteiger partial charge on any atom is 0.182 e. The predicted molar refractivity (Wildman–Crippen MR) is 52.8 cm³/mol. The van der Waals surface area contributed by atoms with Crippen LogP contribution in [-0.2, 0) is 6.54 Å². The molecule has 0 aliphatic heterocycles. The smallest absolute Gasteiger partial charge is 0.182 e. The first-order valence-electron chi connectivity index (χ1n) is 3.98. The highest BCUT2D eigenvalue weighted by atomic mass is 32.1. The lowest BCUT2D eigenvalue weighted by atomic mass is 10.3. The van der Waals surface area contributed by atoms with E-state index >= 15 is 0 Å². The molecule has 0 aliphatic carbocycles. The number of H-pyrrole nitrogens is 1. The fourth-order valence-electron chi connectivity index (χ4n) is 1.04. The summed E-state index contributed by atoms with van der Waals surface area (Å²) in [6.45, 7) is 2.78. The molecule has 0 radical (unpaired) electrons. The third kappa shape index (κ3) is 1.86. The minimum absolute atomic E-state index is 0.774. The van der Waals surface area contributed by atoms with Crippen molar-refractivity contribution in [1.29, 1.82) is 0 Å². The number of hydrogen-bond acceptors (Lipinski definition) is 4. The molecular weight excluding hydrogens is 184 g/mol. The molecule has 2 aromatic heterocycles. The average Bonchev–Trinajstić information content (AvgIpc) is 2.72. The molecule has 5 heteroatoms. The van der Waals surface area contributed by atoms with Gasteiger partial charge >= 0.3 is 0 Å². The van der Waals surface area contributed by atoms with Crippen LogP contribution in [0, 0.1) is 6.92 Å². The molecule has 0 amide bonds. The van der Waals surface area contributed by atoms with Crippen LogP contribution in [0.2, 0.25) is 0 Å². The van der Waals surface area contributed by atoms with Gasteiger partial charge in [-0.15, -0.1) is 11.3 Å². The Balaban J connectivity index is 1.97. The molecular formula is C8H10N4S. The Hall–Kier alpha value is -1.36. The summed E-state index contributed by atoms with van der Waals surface area (Å²) in [7, 11) is 0. The minimum atomic E-state index is 0.774. The number of nitrogens with one attached hydrogen (secondary N) is 2. The van der Waals surface area contributed by atoms with E-state index < -0.39 is 0 Å². The highest BCUT2D eigenvalue weighted by molar-refractivity contribution is 7.13. The van der Waals surface area contributed by atoms with Crippen molar-refractivity contribution >= 4 is 16.5 Å². The zero-order valence-electron chi connectivity index (χ0n) is 7.24. The van der Waals surface area contributed by atoms with Crippen LogP contribution in [0.25, 0.3) is 0 Å². The normalized spacial score (nSPS) is 10.2. The molecule has 0 fully saturated rings. The number of nitrogens with zero attached hydrogens (tertiary/aromatic N) is 2. The average molecular weight is 194 g/mol. The Morgan fingerprint density at radius 3 is 3.15 bits per heavy atom. The fraction of sp³-hybridized carbons (Fsp3) is 0.250. The van der Waals surface area contributed by atoms with Gasteiger partial charge in [-0.1, -0.05) is 0 Å². The van der Waals surface area contributed by atoms with Crippen molar-refractivity contribution in [2.24, 2.45) is 0 Å². The van der Waals surface area contributed by atoms with E-state index in [9.17, 15) is 0 Å².